The predicted molar refractivity (Wildman–Crippen MR) is 73.3 cm³/mol. The van der Waals surface area contributed by atoms with E-state index in [-0.39, 0.29) is 0 Å². The molecule has 0 saturated carbocycles. The lowest BCUT2D eigenvalue weighted by molar-refractivity contribution is 0.0946. The van der Waals surface area contributed by atoms with Crippen molar-refractivity contribution in [3.05, 3.63) is 23.8 Å². The maximum atomic E-state index is 5.82. The first-order valence-corrected chi connectivity index (χ1v) is 6.77. The van der Waals surface area contributed by atoms with Crippen LogP contribution in [0.1, 0.15) is 5.56 Å². The van der Waals surface area contributed by atoms with Crippen LogP contribution in [0.25, 0.3) is 0 Å². The third-order valence-corrected chi connectivity index (χ3v) is 3.98. The molecule has 5 nitrogen and oxygen atoms in total. The number of nitrogens with two attached hydrogens (primary N) is 1. The van der Waals surface area contributed by atoms with Gasteiger partial charge in [0.15, 0.2) is 11.5 Å². The third kappa shape index (κ3) is 2.68. The molecule has 0 spiro atoms. The van der Waals surface area contributed by atoms with Crippen molar-refractivity contribution in [1.82, 2.24) is 9.80 Å². The number of ether oxygens (including phenoxy) is 2. The summed E-state index contributed by atoms with van der Waals surface area (Å²) < 4.78 is 10.8. The molecule has 2 N–H and O–H groups in total. The Labute approximate surface area is 113 Å². The van der Waals surface area contributed by atoms with Crippen LogP contribution in [0.3, 0.4) is 0 Å². The minimum atomic E-state index is 0.336. The molecule has 2 aliphatic heterocycles. The Morgan fingerprint density at radius 3 is 2.95 bits per heavy atom. The smallest absolute Gasteiger partial charge is 0.231 e. The van der Waals surface area contributed by atoms with Crippen molar-refractivity contribution < 1.29 is 9.47 Å². The van der Waals surface area contributed by atoms with Gasteiger partial charge in [-0.1, -0.05) is 6.07 Å². The van der Waals surface area contributed by atoms with Gasteiger partial charge in [0.25, 0.3) is 0 Å². The van der Waals surface area contributed by atoms with E-state index in [9.17, 15) is 0 Å². The Bertz CT molecular complexity index is 452. The topological polar surface area (TPSA) is 51.0 Å². The summed E-state index contributed by atoms with van der Waals surface area (Å²) in [6.45, 7) is 5.19. The van der Waals surface area contributed by atoms with Crippen LogP contribution < -0.4 is 15.2 Å². The molecule has 19 heavy (non-hydrogen) atoms. The van der Waals surface area contributed by atoms with Gasteiger partial charge < -0.3 is 15.2 Å². The second-order valence-electron chi connectivity index (χ2n) is 5.29. The van der Waals surface area contributed by atoms with Gasteiger partial charge in [-0.15, -0.1) is 0 Å². The highest BCUT2D eigenvalue weighted by atomic mass is 16.7. The van der Waals surface area contributed by atoms with E-state index in [4.69, 9.17) is 15.2 Å². The molecule has 0 aromatic heterocycles. The second kappa shape index (κ2) is 5.36. The van der Waals surface area contributed by atoms with Crippen LogP contribution in [0.15, 0.2) is 18.2 Å². The van der Waals surface area contributed by atoms with Gasteiger partial charge in [-0.25, -0.2) is 0 Å². The normalized spacial score (nSPS) is 23.8. The fourth-order valence-electron chi connectivity index (χ4n) is 2.71. The van der Waals surface area contributed by atoms with Gasteiger partial charge in [0.05, 0.1) is 0 Å². The number of nitrogens with zero attached hydrogens (tertiary/aromatic N) is 2. The quantitative estimate of drug-likeness (QED) is 0.860. The van der Waals surface area contributed by atoms with Crippen molar-refractivity contribution in [2.75, 3.05) is 40.0 Å². The number of hydrogen-bond donors (Lipinski definition) is 1. The van der Waals surface area contributed by atoms with Crippen molar-refractivity contribution in [1.29, 1.82) is 0 Å². The van der Waals surface area contributed by atoms with Crippen LogP contribution >= 0.6 is 0 Å². The molecule has 1 aromatic carbocycles. The molecule has 1 saturated heterocycles. The van der Waals surface area contributed by atoms with Gasteiger partial charge in [-0.05, 0) is 24.7 Å². The number of fused-ring (bicyclic) bond motifs is 1. The first-order chi connectivity index (χ1) is 9.26. The average molecular weight is 263 g/mol. The van der Waals surface area contributed by atoms with Gasteiger partial charge in [-0.3, -0.25) is 9.80 Å². The molecule has 0 aliphatic carbocycles. The zero-order valence-electron chi connectivity index (χ0n) is 11.3. The van der Waals surface area contributed by atoms with Crippen LogP contribution in [0.4, 0.5) is 0 Å². The molecule has 1 fully saturated rings. The molecule has 0 amide bonds. The molecular formula is C14H21N3O2. The molecule has 1 aromatic rings. The molecule has 0 radical (unpaired) electrons. The van der Waals surface area contributed by atoms with E-state index in [0.29, 0.717) is 19.4 Å². The lowest BCUT2D eigenvalue weighted by Gasteiger charge is -2.39. The Hall–Kier alpha value is -1.30. The molecule has 104 valence electrons. The molecule has 5 heteroatoms. The lowest BCUT2D eigenvalue weighted by atomic mass is 10.1. The highest BCUT2D eigenvalue weighted by Gasteiger charge is 2.23. The number of piperazine rings is 1. The minimum absolute atomic E-state index is 0.336. The standard InChI is InChI=1S/C14H21N3O2/c1-16-4-5-17(9-12(16)7-15)8-11-2-3-13-14(6-11)19-10-18-13/h2-3,6,12H,4-5,7-10,15H2,1H3. The second-order valence-corrected chi connectivity index (χ2v) is 5.29. The highest BCUT2D eigenvalue weighted by Crippen LogP contribution is 2.32. The van der Waals surface area contributed by atoms with Crippen molar-refractivity contribution >= 4 is 0 Å². The molecule has 1 unspecified atom stereocenters. The van der Waals surface area contributed by atoms with Crippen LogP contribution in [0.5, 0.6) is 11.5 Å². The maximum absolute atomic E-state index is 5.82. The zero-order valence-corrected chi connectivity index (χ0v) is 11.3. The summed E-state index contributed by atoms with van der Waals surface area (Å²) in [6, 6.07) is 6.65. The molecule has 0 bridgehead atoms. The Kier molecular flexibility index (Phi) is 3.59. The number of rotatable bonds is 3. The van der Waals surface area contributed by atoms with Crippen molar-refractivity contribution in [2.45, 2.75) is 12.6 Å². The number of benzene rings is 1. The van der Waals surface area contributed by atoms with Crippen LogP contribution in [-0.4, -0.2) is 55.9 Å². The molecule has 2 aliphatic rings. The third-order valence-electron chi connectivity index (χ3n) is 3.98. The molecule has 3 rings (SSSR count). The summed E-state index contributed by atoms with van der Waals surface area (Å²) >= 11 is 0. The average Bonchev–Trinajstić information content (AvgIpc) is 2.88. The van der Waals surface area contributed by atoms with E-state index in [0.717, 1.165) is 37.7 Å². The fourth-order valence-corrected chi connectivity index (χ4v) is 2.71. The van der Waals surface area contributed by atoms with E-state index in [1.165, 1.54) is 5.56 Å². The number of likely N-dealkylation sites (N-methyl/N-ethyl adjacent to an activating group) is 1. The van der Waals surface area contributed by atoms with Crippen LogP contribution in [0.2, 0.25) is 0 Å². The van der Waals surface area contributed by atoms with E-state index in [2.05, 4.69) is 29.0 Å². The number of hydrogen-bond acceptors (Lipinski definition) is 5. The lowest BCUT2D eigenvalue weighted by Crippen LogP contribution is -2.53. The monoisotopic (exact) mass is 263 g/mol. The van der Waals surface area contributed by atoms with Crippen molar-refractivity contribution in [3.63, 3.8) is 0 Å². The highest BCUT2D eigenvalue weighted by molar-refractivity contribution is 5.44. The van der Waals surface area contributed by atoms with Crippen molar-refractivity contribution in [3.8, 4) is 11.5 Å². The van der Waals surface area contributed by atoms with E-state index < -0.39 is 0 Å². The molecule has 1 atom stereocenters. The van der Waals surface area contributed by atoms with E-state index in [1.807, 2.05) is 6.07 Å². The minimum Gasteiger partial charge on any atom is -0.454 e. The summed E-state index contributed by atoms with van der Waals surface area (Å²) in [5, 5.41) is 0. The summed E-state index contributed by atoms with van der Waals surface area (Å²) in [6.07, 6.45) is 0. The molecule has 2 heterocycles. The Morgan fingerprint density at radius 1 is 1.26 bits per heavy atom. The van der Waals surface area contributed by atoms with Crippen LogP contribution in [-0.2, 0) is 6.54 Å². The summed E-state index contributed by atoms with van der Waals surface area (Å²) in [5.74, 6) is 1.71. The predicted octanol–water partition coefficient (Wildman–Crippen LogP) is 0.490. The van der Waals surface area contributed by atoms with Crippen molar-refractivity contribution in [2.24, 2.45) is 5.73 Å². The Balaban J connectivity index is 1.65. The van der Waals surface area contributed by atoms with Gasteiger partial charge in [-0.2, -0.15) is 0 Å². The van der Waals surface area contributed by atoms with Gasteiger partial charge in [0, 0.05) is 38.8 Å². The first kappa shape index (κ1) is 12.7. The van der Waals surface area contributed by atoms with Gasteiger partial charge in [0.1, 0.15) is 0 Å². The molecular weight excluding hydrogens is 242 g/mol. The van der Waals surface area contributed by atoms with Gasteiger partial charge >= 0.3 is 0 Å². The Morgan fingerprint density at radius 2 is 2.11 bits per heavy atom. The van der Waals surface area contributed by atoms with Crippen LogP contribution in [0, 0.1) is 0 Å². The summed E-state index contributed by atoms with van der Waals surface area (Å²) in [7, 11) is 2.15. The van der Waals surface area contributed by atoms with E-state index >= 15 is 0 Å². The summed E-state index contributed by atoms with van der Waals surface area (Å²) in [5.41, 5.74) is 7.09. The largest absolute Gasteiger partial charge is 0.454 e. The maximum Gasteiger partial charge on any atom is 0.231 e. The van der Waals surface area contributed by atoms with Gasteiger partial charge in [0.2, 0.25) is 6.79 Å². The zero-order chi connectivity index (χ0) is 13.2. The summed E-state index contributed by atoms with van der Waals surface area (Å²) in [4.78, 5) is 4.80. The SMILES string of the molecule is CN1CCN(Cc2ccc3c(c2)OCO3)CC1CN. The van der Waals surface area contributed by atoms with E-state index in [1.54, 1.807) is 0 Å². The first-order valence-electron chi connectivity index (χ1n) is 6.77. The fraction of sp³-hybridized carbons (Fsp3) is 0.571.